The molecule has 0 aromatic carbocycles. The first-order chi connectivity index (χ1) is 7.10. The zero-order valence-electron chi connectivity index (χ0n) is 7.48. The molecular formula is C9H6ClF2IN2. The van der Waals surface area contributed by atoms with Crippen molar-refractivity contribution in [2.75, 3.05) is 0 Å². The van der Waals surface area contributed by atoms with Crippen LogP contribution < -0.4 is 0 Å². The summed E-state index contributed by atoms with van der Waals surface area (Å²) in [5.41, 5.74) is 0.484. The largest absolute Gasteiger partial charge is 0.264 e. The zero-order valence-corrected chi connectivity index (χ0v) is 10.4. The average Bonchev–Trinajstić information content (AvgIpc) is 2.17. The molecule has 15 heavy (non-hydrogen) atoms. The summed E-state index contributed by atoms with van der Waals surface area (Å²) in [7, 11) is 0. The molecule has 0 aliphatic heterocycles. The van der Waals surface area contributed by atoms with E-state index in [9.17, 15) is 8.78 Å². The molecule has 0 N–H and O–H groups in total. The SMILES string of the molecule is N#CCc1nc(I)cc(C(F)F)c1CCl. The molecule has 0 saturated heterocycles. The number of pyridine rings is 1. The predicted octanol–water partition coefficient (Wildman–Crippen LogP) is 3.43. The van der Waals surface area contributed by atoms with Crippen LogP contribution in [-0.4, -0.2) is 4.98 Å². The summed E-state index contributed by atoms with van der Waals surface area (Å²) >= 11 is 7.42. The number of aromatic nitrogens is 1. The summed E-state index contributed by atoms with van der Waals surface area (Å²) in [6, 6.07) is 3.18. The van der Waals surface area contributed by atoms with Crippen LogP contribution in [0, 0.1) is 15.0 Å². The molecule has 80 valence electrons. The lowest BCUT2D eigenvalue weighted by atomic mass is 10.1. The van der Waals surface area contributed by atoms with Gasteiger partial charge in [-0.25, -0.2) is 13.8 Å². The number of halogens is 4. The van der Waals surface area contributed by atoms with Gasteiger partial charge in [-0.1, -0.05) is 0 Å². The van der Waals surface area contributed by atoms with Gasteiger partial charge in [0.25, 0.3) is 6.43 Å². The summed E-state index contributed by atoms with van der Waals surface area (Å²) < 4.78 is 25.7. The predicted molar refractivity (Wildman–Crippen MR) is 60.8 cm³/mol. The van der Waals surface area contributed by atoms with Crippen molar-refractivity contribution in [2.24, 2.45) is 0 Å². The number of hydrogen-bond donors (Lipinski definition) is 0. The molecule has 0 aliphatic rings. The smallest absolute Gasteiger partial charge is 0.245 e. The zero-order chi connectivity index (χ0) is 11.4. The van der Waals surface area contributed by atoms with E-state index in [1.54, 1.807) is 0 Å². The normalized spacial score (nSPS) is 10.4. The Bertz CT molecular complexity index is 404. The molecule has 2 nitrogen and oxygen atoms in total. The summed E-state index contributed by atoms with van der Waals surface area (Å²) in [5, 5.41) is 8.54. The minimum atomic E-state index is -2.59. The highest BCUT2D eigenvalue weighted by atomic mass is 127. The van der Waals surface area contributed by atoms with Crippen LogP contribution in [0.15, 0.2) is 6.07 Å². The average molecular weight is 343 g/mol. The molecule has 0 spiro atoms. The van der Waals surface area contributed by atoms with Gasteiger partial charge < -0.3 is 0 Å². The Morgan fingerprint density at radius 3 is 2.73 bits per heavy atom. The van der Waals surface area contributed by atoms with Crippen molar-refractivity contribution in [1.82, 2.24) is 4.98 Å². The first kappa shape index (κ1) is 12.6. The van der Waals surface area contributed by atoms with Crippen LogP contribution in [-0.2, 0) is 12.3 Å². The highest BCUT2D eigenvalue weighted by Gasteiger charge is 2.17. The minimum absolute atomic E-state index is 0.00137. The van der Waals surface area contributed by atoms with Crippen molar-refractivity contribution in [2.45, 2.75) is 18.7 Å². The van der Waals surface area contributed by atoms with Crippen LogP contribution in [0.2, 0.25) is 0 Å². The Labute approximate surface area is 104 Å². The second-order valence-corrected chi connectivity index (χ2v) is 4.10. The van der Waals surface area contributed by atoms with Crippen molar-refractivity contribution in [3.8, 4) is 6.07 Å². The number of nitrogens with zero attached hydrogens (tertiary/aromatic N) is 2. The highest BCUT2D eigenvalue weighted by Crippen LogP contribution is 2.27. The van der Waals surface area contributed by atoms with Crippen LogP contribution in [0.4, 0.5) is 8.78 Å². The maximum Gasteiger partial charge on any atom is 0.264 e. The molecule has 1 rings (SSSR count). The van der Waals surface area contributed by atoms with E-state index in [1.807, 2.05) is 28.7 Å². The Morgan fingerprint density at radius 1 is 1.60 bits per heavy atom. The maximum atomic E-state index is 12.6. The monoisotopic (exact) mass is 342 g/mol. The van der Waals surface area contributed by atoms with E-state index >= 15 is 0 Å². The molecule has 0 radical (unpaired) electrons. The van der Waals surface area contributed by atoms with Gasteiger partial charge in [-0.15, -0.1) is 11.6 Å². The fraction of sp³-hybridized carbons (Fsp3) is 0.333. The van der Waals surface area contributed by atoms with Crippen molar-refractivity contribution in [1.29, 1.82) is 5.26 Å². The molecule has 0 atom stereocenters. The van der Waals surface area contributed by atoms with Gasteiger partial charge in [0, 0.05) is 11.4 Å². The third kappa shape index (κ3) is 2.98. The number of hydrogen-bond acceptors (Lipinski definition) is 2. The number of nitriles is 1. The molecule has 1 aromatic heterocycles. The van der Waals surface area contributed by atoms with Gasteiger partial charge in [-0.2, -0.15) is 5.26 Å². The fourth-order valence-electron chi connectivity index (χ4n) is 1.18. The molecule has 0 bridgehead atoms. The standard InChI is InChI=1S/C9H6ClF2IN2/c10-4-6-5(9(11)12)3-8(13)15-7(6)1-2-14/h3,9H,1,4H2. The van der Waals surface area contributed by atoms with E-state index in [0.717, 1.165) is 0 Å². The summed E-state index contributed by atoms with van der Waals surface area (Å²) in [6.45, 7) is 0. The number of alkyl halides is 3. The van der Waals surface area contributed by atoms with Crippen molar-refractivity contribution in [3.05, 3.63) is 26.6 Å². The third-order valence-corrected chi connectivity index (χ3v) is 2.65. The van der Waals surface area contributed by atoms with Gasteiger partial charge in [0.1, 0.15) is 3.70 Å². The lowest BCUT2D eigenvalue weighted by Crippen LogP contribution is -2.03. The fourth-order valence-corrected chi connectivity index (χ4v) is 2.12. The van der Waals surface area contributed by atoms with Gasteiger partial charge in [0.05, 0.1) is 18.2 Å². The van der Waals surface area contributed by atoms with Crippen LogP contribution in [0.5, 0.6) is 0 Å². The molecule has 1 aromatic rings. The molecule has 0 fully saturated rings. The van der Waals surface area contributed by atoms with E-state index in [1.165, 1.54) is 6.07 Å². The van der Waals surface area contributed by atoms with E-state index in [4.69, 9.17) is 16.9 Å². The highest BCUT2D eigenvalue weighted by molar-refractivity contribution is 14.1. The molecule has 1 heterocycles. The van der Waals surface area contributed by atoms with Gasteiger partial charge in [-0.05, 0) is 34.2 Å². The topological polar surface area (TPSA) is 36.7 Å². The van der Waals surface area contributed by atoms with Gasteiger partial charge in [0.15, 0.2) is 0 Å². The molecular weight excluding hydrogens is 336 g/mol. The minimum Gasteiger partial charge on any atom is -0.245 e. The second-order valence-electron chi connectivity index (χ2n) is 2.73. The third-order valence-electron chi connectivity index (χ3n) is 1.83. The van der Waals surface area contributed by atoms with Gasteiger partial charge in [0.2, 0.25) is 0 Å². The van der Waals surface area contributed by atoms with E-state index in [-0.39, 0.29) is 23.4 Å². The molecule has 0 amide bonds. The number of rotatable bonds is 3. The lowest BCUT2D eigenvalue weighted by molar-refractivity contribution is 0.150. The molecule has 0 saturated carbocycles. The van der Waals surface area contributed by atoms with E-state index in [2.05, 4.69) is 4.98 Å². The molecule has 6 heteroatoms. The van der Waals surface area contributed by atoms with Crippen molar-refractivity contribution < 1.29 is 8.78 Å². The first-order valence-corrected chi connectivity index (χ1v) is 5.60. The van der Waals surface area contributed by atoms with E-state index < -0.39 is 6.43 Å². The van der Waals surface area contributed by atoms with E-state index in [0.29, 0.717) is 9.39 Å². The maximum absolute atomic E-state index is 12.6. The van der Waals surface area contributed by atoms with Gasteiger partial charge >= 0.3 is 0 Å². The second kappa shape index (κ2) is 5.56. The summed E-state index contributed by atoms with van der Waals surface area (Å²) in [5.74, 6) is -0.0550. The Kier molecular flexibility index (Phi) is 4.67. The van der Waals surface area contributed by atoms with Crippen molar-refractivity contribution >= 4 is 34.2 Å². The van der Waals surface area contributed by atoms with Crippen LogP contribution >= 0.6 is 34.2 Å². The van der Waals surface area contributed by atoms with Crippen LogP contribution in [0.1, 0.15) is 23.2 Å². The quantitative estimate of drug-likeness (QED) is 0.479. The summed E-state index contributed by atoms with van der Waals surface area (Å²) in [6.07, 6.45) is -2.59. The van der Waals surface area contributed by atoms with Crippen LogP contribution in [0.3, 0.4) is 0 Å². The summed E-state index contributed by atoms with van der Waals surface area (Å²) in [4.78, 5) is 4.02. The molecule has 0 unspecified atom stereocenters. The molecule has 0 aliphatic carbocycles. The Balaban J connectivity index is 3.33. The van der Waals surface area contributed by atoms with Crippen LogP contribution in [0.25, 0.3) is 0 Å². The Morgan fingerprint density at radius 2 is 2.27 bits per heavy atom. The lowest BCUT2D eigenvalue weighted by Gasteiger charge is -2.10. The Hall–Kier alpha value is -0.480. The van der Waals surface area contributed by atoms with Crippen molar-refractivity contribution in [3.63, 3.8) is 0 Å². The van der Waals surface area contributed by atoms with Gasteiger partial charge in [-0.3, -0.25) is 0 Å². The first-order valence-electron chi connectivity index (χ1n) is 3.99.